The molecular weight excluding hydrogens is 236 g/mol. The summed E-state index contributed by atoms with van der Waals surface area (Å²) >= 11 is 0. The molecule has 0 aromatic heterocycles. The third kappa shape index (κ3) is 4.23. The summed E-state index contributed by atoms with van der Waals surface area (Å²) in [7, 11) is -3.04. The van der Waals surface area contributed by atoms with Gasteiger partial charge in [0, 0.05) is 13.1 Å². The molecule has 17 heavy (non-hydrogen) atoms. The molecule has 0 atom stereocenters. The second-order valence-corrected chi connectivity index (χ2v) is 8.00. The zero-order valence-corrected chi connectivity index (χ0v) is 12.1. The van der Waals surface area contributed by atoms with E-state index in [1.807, 2.05) is 0 Å². The average Bonchev–Trinajstić information content (AvgIpc) is 2.27. The van der Waals surface area contributed by atoms with Crippen LogP contribution in [0.2, 0.25) is 0 Å². The van der Waals surface area contributed by atoms with Crippen molar-refractivity contribution < 1.29 is 8.42 Å². The van der Waals surface area contributed by atoms with Gasteiger partial charge in [-0.1, -0.05) is 20.8 Å². The molecule has 1 aliphatic heterocycles. The van der Waals surface area contributed by atoms with Crippen molar-refractivity contribution in [2.75, 3.05) is 25.4 Å². The number of rotatable bonds is 5. The van der Waals surface area contributed by atoms with Crippen LogP contribution in [0.4, 0.5) is 0 Å². The predicted octanol–water partition coefficient (Wildman–Crippen LogP) is 1.42. The first-order valence-corrected chi connectivity index (χ1v) is 8.08. The van der Waals surface area contributed by atoms with Crippen molar-refractivity contribution in [2.24, 2.45) is 17.1 Å². The van der Waals surface area contributed by atoms with Gasteiger partial charge in [0.1, 0.15) is 0 Å². The first-order chi connectivity index (χ1) is 7.79. The molecule has 2 N–H and O–H groups in total. The van der Waals surface area contributed by atoms with Crippen molar-refractivity contribution in [3.05, 3.63) is 0 Å². The minimum Gasteiger partial charge on any atom is -0.330 e. The van der Waals surface area contributed by atoms with Gasteiger partial charge in [-0.15, -0.1) is 0 Å². The van der Waals surface area contributed by atoms with Gasteiger partial charge in [-0.3, -0.25) is 0 Å². The Bertz CT molecular complexity index is 330. The van der Waals surface area contributed by atoms with E-state index in [2.05, 4.69) is 20.8 Å². The fourth-order valence-corrected chi connectivity index (χ4v) is 3.79. The van der Waals surface area contributed by atoms with Crippen molar-refractivity contribution in [1.29, 1.82) is 0 Å². The molecule has 5 heteroatoms. The molecule has 0 aromatic rings. The number of hydrogen-bond donors (Lipinski definition) is 1. The molecule has 0 spiro atoms. The van der Waals surface area contributed by atoms with Crippen molar-refractivity contribution in [3.63, 3.8) is 0 Å². The molecule has 0 aromatic carbocycles. The van der Waals surface area contributed by atoms with E-state index in [1.165, 1.54) is 0 Å². The smallest absolute Gasteiger partial charge is 0.214 e. The lowest BCUT2D eigenvalue weighted by Crippen LogP contribution is -2.45. The Morgan fingerprint density at radius 2 is 1.82 bits per heavy atom. The summed E-state index contributed by atoms with van der Waals surface area (Å²) in [4.78, 5) is 0. The maximum absolute atomic E-state index is 12.1. The van der Waals surface area contributed by atoms with Gasteiger partial charge >= 0.3 is 0 Å². The van der Waals surface area contributed by atoms with Crippen molar-refractivity contribution in [2.45, 2.75) is 40.0 Å². The van der Waals surface area contributed by atoms with Crippen LogP contribution >= 0.6 is 0 Å². The van der Waals surface area contributed by atoms with Crippen LogP contribution < -0.4 is 5.73 Å². The van der Waals surface area contributed by atoms with Gasteiger partial charge in [-0.05, 0) is 37.1 Å². The fourth-order valence-electron chi connectivity index (χ4n) is 2.02. The molecular formula is C12H26N2O2S. The van der Waals surface area contributed by atoms with E-state index in [1.54, 1.807) is 4.31 Å². The molecule has 4 nitrogen and oxygen atoms in total. The summed E-state index contributed by atoms with van der Waals surface area (Å²) in [6.45, 7) is 8.16. The van der Waals surface area contributed by atoms with E-state index >= 15 is 0 Å². The second-order valence-electron chi connectivity index (χ2n) is 5.91. The molecule has 0 radical (unpaired) electrons. The molecule has 1 rings (SSSR count). The SMILES string of the molecule is CC(C)CCS(=O)(=O)N1CCC(C)(CN)CC1. The van der Waals surface area contributed by atoms with Gasteiger partial charge in [-0.25, -0.2) is 12.7 Å². The third-order valence-corrected chi connectivity index (χ3v) is 5.67. The van der Waals surface area contributed by atoms with E-state index in [9.17, 15) is 8.42 Å². The summed E-state index contributed by atoms with van der Waals surface area (Å²) in [6.07, 6.45) is 2.50. The Hall–Kier alpha value is -0.130. The number of nitrogens with two attached hydrogens (primary N) is 1. The predicted molar refractivity (Wildman–Crippen MR) is 71.2 cm³/mol. The molecule has 0 amide bonds. The highest BCUT2D eigenvalue weighted by atomic mass is 32.2. The molecule has 0 saturated carbocycles. The zero-order valence-electron chi connectivity index (χ0n) is 11.3. The molecule has 0 aliphatic carbocycles. The first-order valence-electron chi connectivity index (χ1n) is 6.47. The van der Waals surface area contributed by atoms with Gasteiger partial charge in [0.2, 0.25) is 10.0 Å². The highest BCUT2D eigenvalue weighted by molar-refractivity contribution is 7.89. The Kier molecular flexibility index (Phi) is 4.98. The number of sulfonamides is 1. The van der Waals surface area contributed by atoms with Crippen LogP contribution in [0.3, 0.4) is 0 Å². The van der Waals surface area contributed by atoms with Crippen LogP contribution in [0.1, 0.15) is 40.0 Å². The van der Waals surface area contributed by atoms with Gasteiger partial charge in [0.25, 0.3) is 0 Å². The average molecular weight is 262 g/mol. The highest BCUT2D eigenvalue weighted by Crippen LogP contribution is 2.30. The largest absolute Gasteiger partial charge is 0.330 e. The van der Waals surface area contributed by atoms with E-state index in [0.29, 0.717) is 25.6 Å². The van der Waals surface area contributed by atoms with Gasteiger partial charge < -0.3 is 5.73 Å². The van der Waals surface area contributed by atoms with E-state index in [-0.39, 0.29) is 11.2 Å². The third-order valence-electron chi connectivity index (χ3n) is 3.77. The monoisotopic (exact) mass is 262 g/mol. The Labute approximate surface area is 106 Å². The molecule has 1 aliphatic rings. The summed E-state index contributed by atoms with van der Waals surface area (Å²) in [5, 5.41) is 0. The lowest BCUT2D eigenvalue weighted by molar-refractivity contribution is 0.182. The van der Waals surface area contributed by atoms with Crippen molar-refractivity contribution >= 4 is 10.0 Å². The van der Waals surface area contributed by atoms with Gasteiger partial charge in [-0.2, -0.15) is 0 Å². The zero-order chi connectivity index (χ0) is 13.1. The van der Waals surface area contributed by atoms with E-state index < -0.39 is 10.0 Å². The Morgan fingerprint density at radius 1 is 1.29 bits per heavy atom. The molecule has 1 fully saturated rings. The highest BCUT2D eigenvalue weighted by Gasteiger charge is 2.33. The molecule has 102 valence electrons. The standard InChI is InChI=1S/C12H26N2O2S/c1-11(2)4-9-17(15,16)14-7-5-12(3,10-13)6-8-14/h11H,4-10,13H2,1-3H3. The molecule has 0 unspecified atom stereocenters. The number of hydrogen-bond acceptors (Lipinski definition) is 3. The van der Waals surface area contributed by atoms with Crippen molar-refractivity contribution in [3.8, 4) is 0 Å². The molecule has 1 heterocycles. The topological polar surface area (TPSA) is 63.4 Å². The normalized spacial score (nSPS) is 21.9. The molecule has 0 bridgehead atoms. The Morgan fingerprint density at radius 3 is 2.24 bits per heavy atom. The van der Waals surface area contributed by atoms with Crippen LogP contribution in [0.5, 0.6) is 0 Å². The molecule has 1 saturated heterocycles. The quantitative estimate of drug-likeness (QED) is 0.815. The van der Waals surface area contributed by atoms with Crippen LogP contribution in [0.25, 0.3) is 0 Å². The van der Waals surface area contributed by atoms with Crippen molar-refractivity contribution in [1.82, 2.24) is 4.31 Å². The lowest BCUT2D eigenvalue weighted by atomic mass is 9.81. The summed E-state index contributed by atoms with van der Waals surface area (Å²) in [5.41, 5.74) is 5.85. The minimum atomic E-state index is -3.04. The van der Waals surface area contributed by atoms with E-state index in [4.69, 9.17) is 5.73 Å². The Balaban J connectivity index is 2.53. The summed E-state index contributed by atoms with van der Waals surface area (Å²) in [6, 6.07) is 0. The van der Waals surface area contributed by atoms with Crippen LogP contribution in [0, 0.1) is 11.3 Å². The summed E-state index contributed by atoms with van der Waals surface area (Å²) < 4.78 is 25.8. The lowest BCUT2D eigenvalue weighted by Gasteiger charge is -2.38. The van der Waals surface area contributed by atoms with Gasteiger partial charge in [0.15, 0.2) is 0 Å². The van der Waals surface area contributed by atoms with Crippen LogP contribution in [-0.2, 0) is 10.0 Å². The van der Waals surface area contributed by atoms with Crippen LogP contribution in [0.15, 0.2) is 0 Å². The fraction of sp³-hybridized carbons (Fsp3) is 1.00. The maximum Gasteiger partial charge on any atom is 0.214 e. The van der Waals surface area contributed by atoms with E-state index in [0.717, 1.165) is 19.3 Å². The first kappa shape index (κ1) is 14.9. The second kappa shape index (κ2) is 5.67. The number of piperidine rings is 1. The van der Waals surface area contributed by atoms with Gasteiger partial charge in [0.05, 0.1) is 5.75 Å². The minimum absolute atomic E-state index is 0.129. The van der Waals surface area contributed by atoms with Crippen LogP contribution in [-0.4, -0.2) is 38.1 Å². The number of nitrogens with zero attached hydrogens (tertiary/aromatic N) is 1. The maximum atomic E-state index is 12.1. The summed E-state index contributed by atoms with van der Waals surface area (Å²) in [5.74, 6) is 0.716.